The van der Waals surface area contributed by atoms with Crippen molar-refractivity contribution in [3.05, 3.63) is 35.9 Å². The van der Waals surface area contributed by atoms with Crippen LogP contribution in [0.15, 0.2) is 30.3 Å². The first-order valence-electron chi connectivity index (χ1n) is 6.37. The van der Waals surface area contributed by atoms with E-state index in [9.17, 15) is 0 Å². The van der Waals surface area contributed by atoms with Gasteiger partial charge in [-0.25, -0.2) is 0 Å². The highest BCUT2D eigenvalue weighted by Crippen LogP contribution is 2.38. The third kappa shape index (κ3) is 3.09. The molecular formula is C15H24. The summed E-state index contributed by atoms with van der Waals surface area (Å²) < 4.78 is 0. The molecule has 1 aliphatic carbocycles. The SMILES string of the molecule is CC.CC1(c2ccccc2)CCCCC1. The van der Waals surface area contributed by atoms with Gasteiger partial charge in [0.2, 0.25) is 0 Å². The molecule has 0 aliphatic heterocycles. The van der Waals surface area contributed by atoms with Gasteiger partial charge in [0.1, 0.15) is 0 Å². The van der Waals surface area contributed by atoms with Crippen molar-refractivity contribution in [2.45, 2.75) is 58.3 Å². The molecule has 1 aromatic rings. The highest BCUT2D eigenvalue weighted by atomic mass is 14.3. The molecule has 2 rings (SSSR count). The Morgan fingerprint density at radius 1 is 0.867 bits per heavy atom. The predicted molar refractivity (Wildman–Crippen MR) is 68.2 cm³/mol. The van der Waals surface area contributed by atoms with Gasteiger partial charge in [0.25, 0.3) is 0 Å². The summed E-state index contributed by atoms with van der Waals surface area (Å²) in [6.07, 6.45) is 6.99. The fourth-order valence-corrected chi connectivity index (χ4v) is 2.46. The first-order valence-corrected chi connectivity index (χ1v) is 6.37. The molecule has 0 nitrogen and oxygen atoms in total. The first-order chi connectivity index (χ1) is 7.31. The van der Waals surface area contributed by atoms with E-state index in [4.69, 9.17) is 0 Å². The molecule has 0 atom stereocenters. The van der Waals surface area contributed by atoms with Crippen molar-refractivity contribution in [2.24, 2.45) is 0 Å². The van der Waals surface area contributed by atoms with E-state index < -0.39 is 0 Å². The summed E-state index contributed by atoms with van der Waals surface area (Å²) in [5.41, 5.74) is 2.01. The zero-order chi connectivity index (χ0) is 11.1. The lowest BCUT2D eigenvalue weighted by molar-refractivity contribution is 0.319. The van der Waals surface area contributed by atoms with Gasteiger partial charge in [-0.3, -0.25) is 0 Å². The molecule has 1 aromatic carbocycles. The van der Waals surface area contributed by atoms with Crippen LogP contribution in [0.5, 0.6) is 0 Å². The Labute approximate surface area is 94.7 Å². The van der Waals surface area contributed by atoms with Gasteiger partial charge in [-0.1, -0.05) is 70.4 Å². The predicted octanol–water partition coefficient (Wildman–Crippen LogP) is 4.93. The Morgan fingerprint density at radius 3 is 1.93 bits per heavy atom. The van der Waals surface area contributed by atoms with Crippen molar-refractivity contribution in [1.82, 2.24) is 0 Å². The molecule has 1 aliphatic rings. The van der Waals surface area contributed by atoms with Crippen molar-refractivity contribution >= 4 is 0 Å². The molecule has 0 N–H and O–H groups in total. The van der Waals surface area contributed by atoms with Crippen molar-refractivity contribution in [2.75, 3.05) is 0 Å². The van der Waals surface area contributed by atoms with E-state index in [0.717, 1.165) is 0 Å². The average Bonchev–Trinajstić information content (AvgIpc) is 2.34. The summed E-state index contributed by atoms with van der Waals surface area (Å²) in [5.74, 6) is 0. The molecule has 84 valence electrons. The van der Waals surface area contributed by atoms with Crippen molar-refractivity contribution < 1.29 is 0 Å². The molecule has 0 aromatic heterocycles. The van der Waals surface area contributed by atoms with Gasteiger partial charge in [-0.05, 0) is 23.8 Å². The Kier molecular flexibility index (Phi) is 4.87. The van der Waals surface area contributed by atoms with Crippen molar-refractivity contribution in [3.63, 3.8) is 0 Å². The Bertz CT molecular complexity index is 255. The van der Waals surface area contributed by atoms with Gasteiger partial charge in [0.15, 0.2) is 0 Å². The van der Waals surface area contributed by atoms with E-state index in [2.05, 4.69) is 37.3 Å². The summed E-state index contributed by atoms with van der Waals surface area (Å²) in [6.45, 7) is 6.42. The fourth-order valence-electron chi connectivity index (χ4n) is 2.46. The molecule has 1 fully saturated rings. The van der Waals surface area contributed by atoms with Crippen LogP contribution in [0.2, 0.25) is 0 Å². The monoisotopic (exact) mass is 204 g/mol. The zero-order valence-electron chi connectivity index (χ0n) is 10.4. The highest BCUT2D eigenvalue weighted by Gasteiger charge is 2.27. The quantitative estimate of drug-likeness (QED) is 0.608. The van der Waals surface area contributed by atoms with Crippen LogP contribution in [0.1, 0.15) is 58.4 Å². The van der Waals surface area contributed by atoms with Crippen LogP contribution >= 0.6 is 0 Å². The Balaban J connectivity index is 0.000000531. The summed E-state index contributed by atoms with van der Waals surface area (Å²) in [6, 6.07) is 11.0. The second kappa shape index (κ2) is 5.95. The lowest BCUT2D eigenvalue weighted by Crippen LogP contribution is -2.24. The van der Waals surface area contributed by atoms with Crippen LogP contribution in [0.3, 0.4) is 0 Å². The van der Waals surface area contributed by atoms with Crippen LogP contribution in [0.4, 0.5) is 0 Å². The smallest absolute Gasteiger partial charge is 0.00753 e. The normalized spacial score (nSPS) is 18.9. The molecule has 0 unspecified atom stereocenters. The molecule has 1 saturated carbocycles. The van der Waals surface area contributed by atoms with Crippen molar-refractivity contribution in [1.29, 1.82) is 0 Å². The topological polar surface area (TPSA) is 0 Å². The van der Waals surface area contributed by atoms with E-state index in [1.165, 1.54) is 37.7 Å². The van der Waals surface area contributed by atoms with E-state index in [1.54, 1.807) is 0 Å². The second-order valence-electron chi connectivity index (χ2n) is 4.49. The van der Waals surface area contributed by atoms with Gasteiger partial charge in [0.05, 0.1) is 0 Å². The van der Waals surface area contributed by atoms with Crippen LogP contribution < -0.4 is 0 Å². The molecule has 0 radical (unpaired) electrons. The molecule has 0 heterocycles. The minimum Gasteiger partial charge on any atom is -0.0683 e. The standard InChI is InChI=1S/C13H18.C2H6/c1-13(10-6-3-7-11-13)12-8-4-2-5-9-12;1-2/h2,4-5,8-9H,3,6-7,10-11H2,1H3;1-2H3. The largest absolute Gasteiger partial charge is 0.0683 e. The van der Waals surface area contributed by atoms with E-state index in [-0.39, 0.29) is 0 Å². The van der Waals surface area contributed by atoms with Crippen LogP contribution in [0.25, 0.3) is 0 Å². The summed E-state index contributed by atoms with van der Waals surface area (Å²) in [4.78, 5) is 0. The lowest BCUT2D eigenvalue weighted by atomic mass is 9.71. The molecule has 0 saturated heterocycles. The number of hydrogen-bond donors (Lipinski definition) is 0. The Hall–Kier alpha value is -0.780. The molecule has 0 spiro atoms. The maximum Gasteiger partial charge on any atom is -0.00753 e. The van der Waals surface area contributed by atoms with Crippen LogP contribution in [0, 0.1) is 0 Å². The fraction of sp³-hybridized carbons (Fsp3) is 0.600. The maximum absolute atomic E-state index is 2.42. The van der Waals surface area contributed by atoms with Gasteiger partial charge in [-0.2, -0.15) is 0 Å². The van der Waals surface area contributed by atoms with E-state index in [1.807, 2.05) is 13.8 Å². The highest BCUT2D eigenvalue weighted by molar-refractivity contribution is 5.24. The van der Waals surface area contributed by atoms with Crippen LogP contribution in [-0.4, -0.2) is 0 Å². The third-order valence-electron chi connectivity index (χ3n) is 3.43. The molecule has 0 amide bonds. The second-order valence-corrected chi connectivity index (χ2v) is 4.49. The third-order valence-corrected chi connectivity index (χ3v) is 3.43. The average molecular weight is 204 g/mol. The van der Waals surface area contributed by atoms with E-state index >= 15 is 0 Å². The summed E-state index contributed by atoms with van der Waals surface area (Å²) in [5, 5.41) is 0. The number of rotatable bonds is 1. The molecule has 0 bridgehead atoms. The zero-order valence-corrected chi connectivity index (χ0v) is 10.4. The van der Waals surface area contributed by atoms with Gasteiger partial charge < -0.3 is 0 Å². The maximum atomic E-state index is 2.42. The lowest BCUT2D eigenvalue weighted by Gasteiger charge is -2.34. The molecule has 15 heavy (non-hydrogen) atoms. The van der Waals surface area contributed by atoms with Crippen molar-refractivity contribution in [3.8, 4) is 0 Å². The van der Waals surface area contributed by atoms with Crippen LogP contribution in [-0.2, 0) is 5.41 Å². The van der Waals surface area contributed by atoms with E-state index in [0.29, 0.717) is 5.41 Å². The van der Waals surface area contributed by atoms with Gasteiger partial charge in [0, 0.05) is 0 Å². The number of benzene rings is 1. The first kappa shape index (κ1) is 12.3. The summed E-state index contributed by atoms with van der Waals surface area (Å²) in [7, 11) is 0. The molecular weight excluding hydrogens is 180 g/mol. The summed E-state index contributed by atoms with van der Waals surface area (Å²) >= 11 is 0. The number of hydrogen-bond acceptors (Lipinski definition) is 0. The minimum atomic E-state index is 0.472. The molecule has 0 heteroatoms. The Morgan fingerprint density at radius 2 is 1.40 bits per heavy atom. The van der Waals surface area contributed by atoms with Gasteiger partial charge in [-0.15, -0.1) is 0 Å². The van der Waals surface area contributed by atoms with Gasteiger partial charge >= 0.3 is 0 Å². The minimum absolute atomic E-state index is 0.472.